The lowest BCUT2D eigenvalue weighted by molar-refractivity contribution is 0.914. The molecule has 0 saturated carbocycles. The monoisotopic (exact) mass is 223 g/mol. The summed E-state index contributed by atoms with van der Waals surface area (Å²) in [4.78, 5) is 0. The average Bonchev–Trinajstić information content (AvgIpc) is 2.94. The molecule has 1 aromatic carbocycles. The van der Waals surface area contributed by atoms with Gasteiger partial charge in [-0.15, -0.1) is 20.4 Å². The van der Waals surface area contributed by atoms with Crippen molar-refractivity contribution in [2.24, 2.45) is 0 Å². The summed E-state index contributed by atoms with van der Waals surface area (Å²) >= 11 is 0. The summed E-state index contributed by atoms with van der Waals surface area (Å²) in [5.74, 6) is 0.703. The molecule has 0 N–H and O–H groups in total. The average molecular weight is 223 g/mol. The second kappa shape index (κ2) is 4.13. The molecule has 3 rings (SSSR count). The highest BCUT2D eigenvalue weighted by atomic mass is 15.3. The first kappa shape index (κ1) is 9.65. The number of hydrogen-bond acceptors (Lipinski definition) is 4. The van der Waals surface area contributed by atoms with E-state index in [-0.39, 0.29) is 0 Å². The first-order valence-electron chi connectivity index (χ1n) is 5.17. The van der Waals surface area contributed by atoms with Crippen LogP contribution in [0, 0.1) is 0 Å². The van der Waals surface area contributed by atoms with Crippen LogP contribution in [-0.2, 0) is 0 Å². The third kappa shape index (κ3) is 1.90. The van der Waals surface area contributed by atoms with Crippen molar-refractivity contribution in [2.45, 2.75) is 0 Å². The van der Waals surface area contributed by atoms with Gasteiger partial charge in [0.25, 0.3) is 0 Å². The Morgan fingerprint density at radius 2 is 1.53 bits per heavy atom. The molecular formula is C12H9N5. The van der Waals surface area contributed by atoms with E-state index >= 15 is 0 Å². The van der Waals surface area contributed by atoms with Crippen molar-refractivity contribution >= 4 is 0 Å². The van der Waals surface area contributed by atoms with Crippen LogP contribution in [0.25, 0.3) is 17.1 Å². The SMILES string of the molecule is c1ccc(-c2ccc(-n3cnnc3)nn2)cc1. The summed E-state index contributed by atoms with van der Waals surface area (Å²) in [6, 6.07) is 13.7. The maximum atomic E-state index is 4.18. The minimum absolute atomic E-state index is 0.703. The third-order valence-corrected chi connectivity index (χ3v) is 2.40. The fourth-order valence-corrected chi connectivity index (χ4v) is 1.54. The lowest BCUT2D eigenvalue weighted by Crippen LogP contribution is -1.97. The standard InChI is InChI=1S/C12H9N5/c1-2-4-10(5-3-1)11-6-7-12(16-15-11)17-8-13-14-9-17/h1-9H. The lowest BCUT2D eigenvalue weighted by atomic mass is 10.1. The zero-order valence-corrected chi connectivity index (χ0v) is 8.93. The van der Waals surface area contributed by atoms with E-state index in [1.54, 1.807) is 17.2 Å². The third-order valence-electron chi connectivity index (χ3n) is 2.40. The van der Waals surface area contributed by atoms with Gasteiger partial charge in [-0.1, -0.05) is 30.3 Å². The molecule has 0 atom stereocenters. The van der Waals surface area contributed by atoms with Crippen molar-refractivity contribution in [1.29, 1.82) is 0 Å². The molecule has 0 unspecified atom stereocenters. The second-order valence-electron chi connectivity index (χ2n) is 3.51. The van der Waals surface area contributed by atoms with E-state index in [1.165, 1.54) is 0 Å². The van der Waals surface area contributed by atoms with Crippen LogP contribution in [0.15, 0.2) is 55.1 Å². The minimum atomic E-state index is 0.703. The molecule has 0 radical (unpaired) electrons. The van der Waals surface area contributed by atoms with E-state index in [1.807, 2.05) is 42.5 Å². The molecule has 0 aliphatic carbocycles. The fraction of sp³-hybridized carbons (Fsp3) is 0. The summed E-state index contributed by atoms with van der Waals surface area (Å²) in [6.45, 7) is 0. The second-order valence-corrected chi connectivity index (χ2v) is 3.51. The van der Waals surface area contributed by atoms with Crippen molar-refractivity contribution in [3.05, 3.63) is 55.1 Å². The minimum Gasteiger partial charge on any atom is -0.270 e. The summed E-state index contributed by atoms with van der Waals surface area (Å²) < 4.78 is 1.71. The van der Waals surface area contributed by atoms with E-state index in [4.69, 9.17) is 0 Å². The smallest absolute Gasteiger partial charge is 0.161 e. The Labute approximate surface area is 97.8 Å². The molecule has 17 heavy (non-hydrogen) atoms. The molecule has 5 heteroatoms. The van der Waals surface area contributed by atoms with Crippen molar-refractivity contribution in [3.63, 3.8) is 0 Å². The van der Waals surface area contributed by atoms with Gasteiger partial charge in [-0.3, -0.25) is 4.57 Å². The van der Waals surface area contributed by atoms with Crippen molar-refractivity contribution in [3.8, 4) is 17.1 Å². The predicted molar refractivity (Wildman–Crippen MR) is 62.4 cm³/mol. The zero-order valence-electron chi connectivity index (χ0n) is 8.93. The number of rotatable bonds is 2. The van der Waals surface area contributed by atoms with Crippen LogP contribution in [0.3, 0.4) is 0 Å². The van der Waals surface area contributed by atoms with E-state index in [9.17, 15) is 0 Å². The number of benzene rings is 1. The topological polar surface area (TPSA) is 56.5 Å². The van der Waals surface area contributed by atoms with Crippen LogP contribution >= 0.6 is 0 Å². The van der Waals surface area contributed by atoms with Crippen molar-refractivity contribution in [1.82, 2.24) is 25.0 Å². The molecule has 5 nitrogen and oxygen atoms in total. The highest BCUT2D eigenvalue weighted by molar-refractivity contribution is 5.58. The molecule has 0 aliphatic heterocycles. The normalized spacial score (nSPS) is 10.4. The lowest BCUT2D eigenvalue weighted by Gasteiger charge is -2.01. The Hall–Kier alpha value is -2.56. The molecule has 82 valence electrons. The van der Waals surface area contributed by atoms with Gasteiger partial charge < -0.3 is 0 Å². The summed E-state index contributed by atoms with van der Waals surface area (Å²) in [5, 5.41) is 15.8. The number of aromatic nitrogens is 5. The molecule has 3 aromatic rings. The Bertz CT molecular complexity index is 587. The summed E-state index contributed by atoms with van der Waals surface area (Å²) in [6.07, 6.45) is 3.18. The van der Waals surface area contributed by atoms with Crippen LogP contribution < -0.4 is 0 Å². The van der Waals surface area contributed by atoms with Crippen molar-refractivity contribution in [2.75, 3.05) is 0 Å². The summed E-state index contributed by atoms with van der Waals surface area (Å²) in [7, 11) is 0. The molecule has 0 aliphatic rings. The Kier molecular flexibility index (Phi) is 2.34. The Balaban J connectivity index is 1.96. The van der Waals surface area contributed by atoms with Gasteiger partial charge in [-0.05, 0) is 12.1 Å². The molecular weight excluding hydrogens is 214 g/mol. The molecule has 2 heterocycles. The fourth-order valence-electron chi connectivity index (χ4n) is 1.54. The number of nitrogens with zero attached hydrogens (tertiary/aromatic N) is 5. The maximum absolute atomic E-state index is 4.18. The maximum Gasteiger partial charge on any atom is 0.161 e. The van der Waals surface area contributed by atoms with Gasteiger partial charge in [0.15, 0.2) is 5.82 Å². The van der Waals surface area contributed by atoms with Gasteiger partial charge in [-0.25, -0.2) is 0 Å². The Morgan fingerprint density at radius 3 is 2.18 bits per heavy atom. The molecule has 0 saturated heterocycles. The predicted octanol–water partition coefficient (Wildman–Crippen LogP) is 1.72. The first-order chi connectivity index (χ1) is 8.43. The van der Waals surface area contributed by atoms with Gasteiger partial charge in [0, 0.05) is 5.56 Å². The van der Waals surface area contributed by atoms with Crippen LogP contribution in [0.4, 0.5) is 0 Å². The van der Waals surface area contributed by atoms with Crippen molar-refractivity contribution < 1.29 is 0 Å². The molecule has 2 aromatic heterocycles. The van der Waals surface area contributed by atoms with Crippen LogP contribution in [0.1, 0.15) is 0 Å². The molecule has 0 amide bonds. The van der Waals surface area contributed by atoms with E-state index in [0.29, 0.717) is 5.82 Å². The quantitative estimate of drug-likeness (QED) is 0.663. The van der Waals surface area contributed by atoms with Gasteiger partial charge >= 0.3 is 0 Å². The molecule has 0 bridgehead atoms. The first-order valence-corrected chi connectivity index (χ1v) is 5.17. The van der Waals surface area contributed by atoms with Gasteiger partial charge in [0.1, 0.15) is 12.7 Å². The van der Waals surface area contributed by atoms with Crippen LogP contribution in [0.5, 0.6) is 0 Å². The van der Waals surface area contributed by atoms with Gasteiger partial charge in [0.2, 0.25) is 0 Å². The number of hydrogen-bond donors (Lipinski definition) is 0. The molecule has 0 fully saturated rings. The summed E-state index contributed by atoms with van der Waals surface area (Å²) in [5.41, 5.74) is 1.90. The van der Waals surface area contributed by atoms with Gasteiger partial charge in [-0.2, -0.15) is 0 Å². The largest absolute Gasteiger partial charge is 0.270 e. The van der Waals surface area contributed by atoms with E-state index < -0.39 is 0 Å². The Morgan fingerprint density at radius 1 is 0.765 bits per heavy atom. The van der Waals surface area contributed by atoms with Crippen LogP contribution in [-0.4, -0.2) is 25.0 Å². The van der Waals surface area contributed by atoms with E-state index in [0.717, 1.165) is 11.3 Å². The van der Waals surface area contributed by atoms with Crippen LogP contribution in [0.2, 0.25) is 0 Å². The molecule has 0 spiro atoms. The highest BCUT2D eigenvalue weighted by Gasteiger charge is 2.01. The van der Waals surface area contributed by atoms with E-state index in [2.05, 4.69) is 20.4 Å². The highest BCUT2D eigenvalue weighted by Crippen LogP contribution is 2.15. The van der Waals surface area contributed by atoms with Gasteiger partial charge in [0.05, 0.1) is 5.69 Å². The zero-order chi connectivity index (χ0) is 11.5.